The monoisotopic (exact) mass is 257 g/mol. The molecule has 1 atom stereocenters. The molecule has 1 aliphatic rings. The smallest absolute Gasteiger partial charge is 0.253 e. The van der Waals surface area contributed by atoms with Gasteiger partial charge in [0.05, 0.1) is 11.7 Å². The van der Waals surface area contributed by atoms with E-state index in [-0.39, 0.29) is 5.91 Å². The predicted octanol–water partition coefficient (Wildman–Crippen LogP) is 2.83. The molecule has 1 saturated heterocycles. The minimum Gasteiger partial charge on any atom is -0.339 e. The maximum atomic E-state index is 12.5. The van der Waals surface area contributed by atoms with E-state index in [1.54, 1.807) is 6.20 Å². The summed E-state index contributed by atoms with van der Waals surface area (Å²) in [5, 5.41) is 7.95. The first-order chi connectivity index (χ1) is 9.24. The molecule has 1 aromatic heterocycles. The molecule has 19 heavy (non-hydrogen) atoms. The molecule has 1 unspecified atom stereocenters. The van der Waals surface area contributed by atoms with Crippen LogP contribution in [0.5, 0.6) is 0 Å². The normalized spacial score (nSPS) is 20.5. The topological polar surface area (TPSA) is 49.0 Å². The minimum absolute atomic E-state index is 0.144. The van der Waals surface area contributed by atoms with Crippen LogP contribution in [0.1, 0.15) is 36.5 Å². The molecule has 3 rings (SSSR count). The van der Waals surface area contributed by atoms with Gasteiger partial charge in [-0.25, -0.2) is 0 Å². The highest BCUT2D eigenvalue weighted by molar-refractivity contribution is 5.97. The van der Waals surface area contributed by atoms with Crippen LogP contribution < -0.4 is 0 Å². The Bertz CT molecular complexity index is 590. The van der Waals surface area contributed by atoms with Crippen molar-refractivity contribution in [3.63, 3.8) is 0 Å². The van der Waals surface area contributed by atoms with Crippen LogP contribution in [0.25, 0.3) is 10.9 Å². The number of aromatic nitrogens is 2. The fraction of sp³-hybridized carbons (Fsp3) is 0.467. The number of nitrogens with one attached hydrogen (secondary N) is 1. The fourth-order valence-corrected chi connectivity index (χ4v) is 2.72. The van der Waals surface area contributed by atoms with Gasteiger partial charge in [0.25, 0.3) is 5.91 Å². The third-order valence-corrected chi connectivity index (χ3v) is 3.99. The Hall–Kier alpha value is -1.84. The van der Waals surface area contributed by atoms with Gasteiger partial charge < -0.3 is 4.90 Å². The second kappa shape index (κ2) is 5.03. The highest BCUT2D eigenvalue weighted by atomic mass is 16.2. The molecule has 1 aromatic carbocycles. The Morgan fingerprint density at radius 2 is 2.26 bits per heavy atom. The Morgan fingerprint density at radius 3 is 3.16 bits per heavy atom. The van der Waals surface area contributed by atoms with Gasteiger partial charge in [0.1, 0.15) is 0 Å². The highest BCUT2D eigenvalue weighted by Gasteiger charge is 2.19. The average molecular weight is 257 g/mol. The maximum absolute atomic E-state index is 12.5. The summed E-state index contributed by atoms with van der Waals surface area (Å²) < 4.78 is 0. The van der Waals surface area contributed by atoms with Crippen molar-refractivity contribution in [2.75, 3.05) is 13.1 Å². The maximum Gasteiger partial charge on any atom is 0.253 e. The number of carbonyl (C=O) groups excluding carboxylic acids is 1. The fourth-order valence-electron chi connectivity index (χ4n) is 2.72. The van der Waals surface area contributed by atoms with Crippen molar-refractivity contribution in [2.45, 2.75) is 26.2 Å². The first kappa shape index (κ1) is 12.2. The van der Waals surface area contributed by atoms with Gasteiger partial charge in [-0.15, -0.1) is 0 Å². The van der Waals surface area contributed by atoms with E-state index in [1.165, 1.54) is 6.42 Å². The second-order valence-corrected chi connectivity index (χ2v) is 5.50. The molecule has 0 aliphatic carbocycles. The van der Waals surface area contributed by atoms with E-state index in [0.717, 1.165) is 48.3 Å². The van der Waals surface area contributed by atoms with Crippen molar-refractivity contribution in [2.24, 2.45) is 5.92 Å². The van der Waals surface area contributed by atoms with E-state index >= 15 is 0 Å². The zero-order chi connectivity index (χ0) is 13.2. The van der Waals surface area contributed by atoms with Crippen LogP contribution in [0.3, 0.4) is 0 Å². The number of fused-ring (bicyclic) bond motifs is 1. The zero-order valence-corrected chi connectivity index (χ0v) is 11.2. The lowest BCUT2D eigenvalue weighted by Crippen LogP contribution is -2.31. The van der Waals surface area contributed by atoms with Crippen molar-refractivity contribution in [3.05, 3.63) is 30.0 Å². The lowest BCUT2D eigenvalue weighted by atomic mass is 10.0. The van der Waals surface area contributed by atoms with Gasteiger partial charge in [0.2, 0.25) is 0 Å². The van der Waals surface area contributed by atoms with Crippen molar-refractivity contribution < 1.29 is 4.79 Å². The molecule has 1 fully saturated rings. The minimum atomic E-state index is 0.144. The van der Waals surface area contributed by atoms with Gasteiger partial charge >= 0.3 is 0 Å². The van der Waals surface area contributed by atoms with Crippen LogP contribution in [-0.4, -0.2) is 34.1 Å². The SMILES string of the molecule is CC1CCCN(C(=O)c2ccc3cn[nH]c3c2)CC1. The van der Waals surface area contributed by atoms with E-state index in [4.69, 9.17) is 0 Å². The van der Waals surface area contributed by atoms with E-state index < -0.39 is 0 Å². The van der Waals surface area contributed by atoms with E-state index in [9.17, 15) is 4.79 Å². The number of rotatable bonds is 1. The van der Waals surface area contributed by atoms with Crippen LogP contribution in [0.15, 0.2) is 24.4 Å². The summed E-state index contributed by atoms with van der Waals surface area (Å²) in [4.78, 5) is 14.5. The molecule has 4 heteroatoms. The van der Waals surface area contributed by atoms with Crippen molar-refractivity contribution >= 4 is 16.8 Å². The summed E-state index contributed by atoms with van der Waals surface area (Å²) in [6, 6.07) is 5.75. The number of H-pyrrole nitrogens is 1. The van der Waals surface area contributed by atoms with Crippen LogP contribution in [-0.2, 0) is 0 Å². The Labute approximate surface area is 112 Å². The summed E-state index contributed by atoms with van der Waals surface area (Å²) in [7, 11) is 0. The van der Waals surface area contributed by atoms with E-state index in [1.807, 2.05) is 23.1 Å². The molecular formula is C15H19N3O. The predicted molar refractivity (Wildman–Crippen MR) is 75.0 cm³/mol. The number of benzene rings is 1. The number of aromatic amines is 1. The number of hydrogen-bond acceptors (Lipinski definition) is 2. The molecule has 100 valence electrons. The largest absolute Gasteiger partial charge is 0.339 e. The van der Waals surface area contributed by atoms with Crippen LogP contribution in [0.4, 0.5) is 0 Å². The van der Waals surface area contributed by atoms with Crippen LogP contribution in [0, 0.1) is 5.92 Å². The standard InChI is InChI=1S/C15H19N3O/c1-11-3-2-7-18(8-6-11)15(19)12-4-5-13-10-16-17-14(13)9-12/h4-5,9-11H,2-3,6-8H2,1H3,(H,16,17). The quantitative estimate of drug-likeness (QED) is 0.854. The molecular weight excluding hydrogens is 238 g/mol. The summed E-state index contributed by atoms with van der Waals surface area (Å²) in [6.45, 7) is 4.02. The van der Waals surface area contributed by atoms with Gasteiger partial charge in [0, 0.05) is 24.0 Å². The average Bonchev–Trinajstić information content (AvgIpc) is 2.78. The Balaban J connectivity index is 1.82. The molecule has 0 spiro atoms. The van der Waals surface area contributed by atoms with E-state index in [2.05, 4.69) is 17.1 Å². The molecule has 0 bridgehead atoms. The number of carbonyl (C=O) groups is 1. The zero-order valence-electron chi connectivity index (χ0n) is 11.2. The Morgan fingerprint density at radius 1 is 1.37 bits per heavy atom. The summed E-state index contributed by atoms with van der Waals surface area (Å²) in [5.41, 5.74) is 1.68. The van der Waals surface area contributed by atoms with Crippen LogP contribution >= 0.6 is 0 Å². The molecule has 1 aliphatic heterocycles. The molecule has 1 N–H and O–H groups in total. The first-order valence-electron chi connectivity index (χ1n) is 6.96. The lowest BCUT2D eigenvalue weighted by Gasteiger charge is -2.20. The number of nitrogens with zero attached hydrogens (tertiary/aromatic N) is 2. The molecule has 2 heterocycles. The number of amides is 1. The van der Waals surface area contributed by atoms with Crippen LogP contribution in [0.2, 0.25) is 0 Å². The molecule has 2 aromatic rings. The van der Waals surface area contributed by atoms with Gasteiger partial charge in [0.15, 0.2) is 0 Å². The second-order valence-electron chi connectivity index (χ2n) is 5.50. The van der Waals surface area contributed by atoms with Crippen molar-refractivity contribution in [1.29, 1.82) is 0 Å². The third-order valence-electron chi connectivity index (χ3n) is 3.99. The summed E-state index contributed by atoms with van der Waals surface area (Å²) in [6.07, 6.45) is 5.22. The molecule has 0 radical (unpaired) electrons. The summed E-state index contributed by atoms with van der Waals surface area (Å²) >= 11 is 0. The highest BCUT2D eigenvalue weighted by Crippen LogP contribution is 2.19. The molecule has 4 nitrogen and oxygen atoms in total. The molecule has 1 amide bonds. The number of likely N-dealkylation sites (tertiary alicyclic amines) is 1. The van der Waals surface area contributed by atoms with Gasteiger partial charge in [-0.1, -0.05) is 13.0 Å². The van der Waals surface area contributed by atoms with Crippen molar-refractivity contribution in [3.8, 4) is 0 Å². The van der Waals surface area contributed by atoms with Crippen molar-refractivity contribution in [1.82, 2.24) is 15.1 Å². The van der Waals surface area contributed by atoms with Gasteiger partial charge in [-0.05, 0) is 37.3 Å². The molecule has 0 saturated carbocycles. The summed E-state index contributed by atoms with van der Waals surface area (Å²) in [5.74, 6) is 0.874. The van der Waals surface area contributed by atoms with Gasteiger partial charge in [-0.3, -0.25) is 9.89 Å². The van der Waals surface area contributed by atoms with E-state index in [0.29, 0.717) is 0 Å². The lowest BCUT2D eigenvalue weighted by molar-refractivity contribution is 0.0760. The van der Waals surface area contributed by atoms with Gasteiger partial charge in [-0.2, -0.15) is 5.10 Å². The third kappa shape index (κ3) is 2.48. The first-order valence-corrected chi connectivity index (χ1v) is 6.96. The Kier molecular flexibility index (Phi) is 3.23. The number of hydrogen-bond donors (Lipinski definition) is 1.